The first-order valence-electron chi connectivity index (χ1n) is 11.0. The minimum Gasteiger partial charge on any atom is -0.352 e. The highest BCUT2D eigenvalue weighted by molar-refractivity contribution is 7.98. The van der Waals surface area contributed by atoms with Crippen LogP contribution >= 0.6 is 11.8 Å². The molecule has 2 aliphatic rings. The van der Waals surface area contributed by atoms with E-state index in [1.54, 1.807) is 16.7 Å². The molecule has 2 fully saturated rings. The fraction of sp³-hybridized carbons (Fsp3) is 0.609. The summed E-state index contributed by atoms with van der Waals surface area (Å²) in [5.74, 6) is 0.0190. The number of rotatable bonds is 8. The number of anilines is 1. The molecule has 0 radical (unpaired) electrons. The Morgan fingerprint density at radius 3 is 2.50 bits per heavy atom. The van der Waals surface area contributed by atoms with Gasteiger partial charge in [0.2, 0.25) is 17.7 Å². The third kappa shape index (κ3) is 6.24. The SMILES string of the molecule is CSCC[C@H](NC(=O)[C@H]1CC(=O)N(c2ccccc2)C1)C(=O)NC1CCCCCC1. The number of amides is 3. The Balaban J connectivity index is 1.59. The highest BCUT2D eigenvalue weighted by Crippen LogP contribution is 2.25. The number of carbonyl (C=O) groups excluding carboxylic acids is 3. The van der Waals surface area contributed by atoms with Crippen LogP contribution in [0.25, 0.3) is 0 Å². The minimum absolute atomic E-state index is 0.0510. The van der Waals surface area contributed by atoms with Crippen molar-refractivity contribution in [2.45, 2.75) is 63.5 Å². The zero-order valence-corrected chi connectivity index (χ0v) is 18.6. The van der Waals surface area contributed by atoms with Crippen LogP contribution in [0.2, 0.25) is 0 Å². The van der Waals surface area contributed by atoms with E-state index in [4.69, 9.17) is 0 Å². The van der Waals surface area contributed by atoms with Gasteiger partial charge in [0, 0.05) is 24.7 Å². The fourth-order valence-corrected chi connectivity index (χ4v) is 4.73. The summed E-state index contributed by atoms with van der Waals surface area (Å²) in [5.41, 5.74) is 0.808. The van der Waals surface area contributed by atoms with Crippen LogP contribution in [0.4, 0.5) is 5.69 Å². The van der Waals surface area contributed by atoms with E-state index in [1.807, 2.05) is 36.6 Å². The van der Waals surface area contributed by atoms with E-state index in [1.165, 1.54) is 12.8 Å². The van der Waals surface area contributed by atoms with Crippen LogP contribution in [-0.2, 0) is 14.4 Å². The van der Waals surface area contributed by atoms with E-state index in [0.29, 0.717) is 13.0 Å². The van der Waals surface area contributed by atoms with Crippen molar-refractivity contribution in [2.24, 2.45) is 5.92 Å². The third-order valence-corrected chi connectivity index (χ3v) is 6.65. The highest BCUT2D eigenvalue weighted by atomic mass is 32.2. The van der Waals surface area contributed by atoms with E-state index in [9.17, 15) is 14.4 Å². The van der Waals surface area contributed by atoms with Gasteiger partial charge < -0.3 is 15.5 Å². The van der Waals surface area contributed by atoms with Gasteiger partial charge in [-0.05, 0) is 43.4 Å². The summed E-state index contributed by atoms with van der Waals surface area (Å²) in [6, 6.07) is 9.07. The Labute approximate surface area is 183 Å². The van der Waals surface area contributed by atoms with Crippen molar-refractivity contribution >= 4 is 35.2 Å². The molecule has 6 nitrogen and oxygen atoms in total. The maximum absolute atomic E-state index is 12.9. The molecule has 3 amide bonds. The summed E-state index contributed by atoms with van der Waals surface area (Å²) in [5, 5.41) is 6.12. The van der Waals surface area contributed by atoms with Crippen LogP contribution in [0.15, 0.2) is 30.3 Å². The Bertz CT molecular complexity index is 720. The molecule has 30 heavy (non-hydrogen) atoms. The first-order chi connectivity index (χ1) is 14.6. The number of thioether (sulfide) groups is 1. The van der Waals surface area contributed by atoms with Crippen LogP contribution in [0.1, 0.15) is 51.4 Å². The summed E-state index contributed by atoms with van der Waals surface area (Å²) in [4.78, 5) is 39.9. The molecule has 2 N–H and O–H groups in total. The van der Waals surface area contributed by atoms with Gasteiger partial charge in [-0.3, -0.25) is 14.4 Å². The number of hydrogen-bond acceptors (Lipinski definition) is 4. The predicted molar refractivity (Wildman–Crippen MR) is 121 cm³/mol. The second kappa shape index (κ2) is 11.4. The van der Waals surface area contributed by atoms with Gasteiger partial charge in [0.15, 0.2) is 0 Å². The van der Waals surface area contributed by atoms with Crippen molar-refractivity contribution in [1.29, 1.82) is 0 Å². The molecule has 0 unspecified atom stereocenters. The molecule has 1 aliphatic heterocycles. The maximum atomic E-state index is 12.9. The van der Waals surface area contributed by atoms with E-state index >= 15 is 0 Å². The standard InChI is InChI=1S/C23H33N3O3S/c1-30-14-13-20(23(29)24-18-9-5-2-3-6-10-18)25-22(28)17-15-21(27)26(16-17)19-11-7-4-8-12-19/h4,7-8,11-12,17-18,20H,2-3,5-6,9-10,13-16H2,1H3,(H,24,29)(H,25,28)/t17-,20-/m0/s1. The van der Waals surface area contributed by atoms with Crippen LogP contribution in [-0.4, -0.2) is 48.4 Å². The lowest BCUT2D eigenvalue weighted by Crippen LogP contribution is -2.51. The summed E-state index contributed by atoms with van der Waals surface area (Å²) >= 11 is 1.66. The second-order valence-electron chi connectivity index (χ2n) is 8.28. The fourth-order valence-electron chi connectivity index (χ4n) is 4.26. The summed E-state index contributed by atoms with van der Waals surface area (Å²) in [6.45, 7) is 0.355. The van der Waals surface area contributed by atoms with E-state index < -0.39 is 12.0 Å². The molecule has 1 heterocycles. The van der Waals surface area contributed by atoms with Crippen molar-refractivity contribution < 1.29 is 14.4 Å². The van der Waals surface area contributed by atoms with Crippen LogP contribution in [0.3, 0.4) is 0 Å². The van der Waals surface area contributed by atoms with E-state index in [2.05, 4.69) is 10.6 Å². The Morgan fingerprint density at radius 2 is 1.83 bits per heavy atom. The summed E-state index contributed by atoms with van der Waals surface area (Å²) in [7, 11) is 0. The Morgan fingerprint density at radius 1 is 1.13 bits per heavy atom. The number of nitrogens with one attached hydrogen (secondary N) is 2. The number of carbonyl (C=O) groups is 3. The molecule has 1 aliphatic carbocycles. The zero-order chi connectivity index (χ0) is 21.3. The van der Waals surface area contributed by atoms with Crippen molar-refractivity contribution in [2.75, 3.05) is 23.5 Å². The Kier molecular flexibility index (Phi) is 8.61. The average Bonchev–Trinajstić information content (AvgIpc) is 2.96. The lowest BCUT2D eigenvalue weighted by Gasteiger charge is -2.24. The lowest BCUT2D eigenvalue weighted by molar-refractivity contribution is -0.131. The van der Waals surface area contributed by atoms with Crippen LogP contribution < -0.4 is 15.5 Å². The molecule has 164 valence electrons. The van der Waals surface area contributed by atoms with Gasteiger partial charge >= 0.3 is 0 Å². The van der Waals surface area contributed by atoms with Gasteiger partial charge in [0.05, 0.1) is 5.92 Å². The molecule has 0 aromatic heterocycles. The van der Waals surface area contributed by atoms with Crippen molar-refractivity contribution in [3.63, 3.8) is 0 Å². The maximum Gasteiger partial charge on any atom is 0.242 e. The van der Waals surface area contributed by atoms with Crippen molar-refractivity contribution in [3.05, 3.63) is 30.3 Å². The molecule has 1 aromatic rings. The van der Waals surface area contributed by atoms with E-state index in [0.717, 1.165) is 37.1 Å². The zero-order valence-electron chi connectivity index (χ0n) is 17.8. The van der Waals surface area contributed by atoms with Crippen molar-refractivity contribution in [1.82, 2.24) is 10.6 Å². The van der Waals surface area contributed by atoms with Crippen LogP contribution in [0, 0.1) is 5.92 Å². The van der Waals surface area contributed by atoms with Crippen LogP contribution in [0.5, 0.6) is 0 Å². The largest absolute Gasteiger partial charge is 0.352 e. The molecular weight excluding hydrogens is 398 g/mol. The molecule has 0 bridgehead atoms. The number of para-hydroxylation sites is 1. The molecule has 2 atom stereocenters. The molecular formula is C23H33N3O3S. The molecule has 1 saturated carbocycles. The number of nitrogens with zero attached hydrogens (tertiary/aromatic N) is 1. The van der Waals surface area contributed by atoms with Gasteiger partial charge in [-0.1, -0.05) is 43.9 Å². The van der Waals surface area contributed by atoms with Crippen molar-refractivity contribution in [3.8, 4) is 0 Å². The minimum atomic E-state index is -0.547. The third-order valence-electron chi connectivity index (χ3n) is 6.01. The van der Waals surface area contributed by atoms with Gasteiger partial charge in [-0.2, -0.15) is 11.8 Å². The normalized spacial score (nSPS) is 21.2. The van der Waals surface area contributed by atoms with Gasteiger partial charge in [-0.25, -0.2) is 0 Å². The highest BCUT2D eigenvalue weighted by Gasteiger charge is 2.36. The lowest BCUT2D eigenvalue weighted by atomic mass is 10.1. The first kappa shape index (κ1) is 22.7. The summed E-state index contributed by atoms with van der Waals surface area (Å²) in [6.07, 6.45) is 9.54. The topological polar surface area (TPSA) is 78.5 Å². The van der Waals surface area contributed by atoms with E-state index in [-0.39, 0.29) is 30.2 Å². The molecule has 1 aromatic carbocycles. The monoisotopic (exact) mass is 431 g/mol. The van der Waals surface area contributed by atoms with Gasteiger partial charge in [0.1, 0.15) is 6.04 Å². The molecule has 7 heteroatoms. The molecule has 3 rings (SSSR count). The van der Waals surface area contributed by atoms with Gasteiger partial charge in [0.25, 0.3) is 0 Å². The summed E-state index contributed by atoms with van der Waals surface area (Å²) < 4.78 is 0. The average molecular weight is 432 g/mol. The van der Waals surface area contributed by atoms with Gasteiger partial charge in [-0.15, -0.1) is 0 Å². The quantitative estimate of drug-likeness (QED) is 0.620. The Hall–Kier alpha value is -2.02. The molecule has 1 saturated heterocycles. The number of benzene rings is 1. The second-order valence-corrected chi connectivity index (χ2v) is 9.27. The smallest absolute Gasteiger partial charge is 0.242 e. The predicted octanol–water partition coefficient (Wildman–Crippen LogP) is 3.12. The first-order valence-corrected chi connectivity index (χ1v) is 12.4. The molecule has 0 spiro atoms. The number of hydrogen-bond donors (Lipinski definition) is 2.